The molecule has 1 aliphatic rings. The summed E-state index contributed by atoms with van der Waals surface area (Å²) in [5.74, 6) is 0.286. The predicted octanol–water partition coefficient (Wildman–Crippen LogP) is 2.06. The molecule has 1 aliphatic heterocycles. The van der Waals surface area contributed by atoms with Crippen LogP contribution in [0.1, 0.15) is 36.8 Å². The SMILES string of the molecule is Cc1nn(C(F)F)c(C)c1CC(=O)N1CC(CN)CC1C.Cl. The molecule has 0 bridgehead atoms. The number of nitrogens with two attached hydrogens (primary N) is 1. The number of carbonyl (C=O) groups is 1. The van der Waals surface area contributed by atoms with E-state index in [0.29, 0.717) is 40.6 Å². The molecule has 0 radical (unpaired) electrons. The molecule has 2 heterocycles. The average molecular weight is 337 g/mol. The molecule has 0 aromatic carbocycles. The molecule has 0 spiro atoms. The van der Waals surface area contributed by atoms with Gasteiger partial charge < -0.3 is 10.6 Å². The van der Waals surface area contributed by atoms with Gasteiger partial charge in [-0.05, 0) is 39.7 Å². The molecule has 2 rings (SSSR count). The number of carbonyl (C=O) groups excluding carboxylic acids is 1. The van der Waals surface area contributed by atoms with Crippen LogP contribution < -0.4 is 5.73 Å². The van der Waals surface area contributed by atoms with E-state index in [1.54, 1.807) is 18.7 Å². The van der Waals surface area contributed by atoms with Gasteiger partial charge >= 0.3 is 6.55 Å². The van der Waals surface area contributed by atoms with Gasteiger partial charge in [0.25, 0.3) is 0 Å². The third-order valence-electron chi connectivity index (χ3n) is 4.30. The fourth-order valence-corrected chi connectivity index (χ4v) is 3.06. The van der Waals surface area contributed by atoms with Gasteiger partial charge in [-0.25, -0.2) is 4.68 Å². The van der Waals surface area contributed by atoms with Crippen molar-refractivity contribution in [3.05, 3.63) is 17.0 Å². The summed E-state index contributed by atoms with van der Waals surface area (Å²) in [5.41, 5.74) is 7.11. The van der Waals surface area contributed by atoms with Crippen molar-refractivity contribution in [1.82, 2.24) is 14.7 Å². The van der Waals surface area contributed by atoms with Crippen LogP contribution >= 0.6 is 12.4 Å². The van der Waals surface area contributed by atoms with Crippen LogP contribution in [0.2, 0.25) is 0 Å². The Morgan fingerprint density at radius 2 is 2.09 bits per heavy atom. The Morgan fingerprint density at radius 1 is 1.45 bits per heavy atom. The molecule has 1 amide bonds. The summed E-state index contributed by atoms with van der Waals surface area (Å²) in [5, 5.41) is 3.82. The molecule has 0 saturated carbocycles. The van der Waals surface area contributed by atoms with Crippen LogP contribution in [0.3, 0.4) is 0 Å². The minimum Gasteiger partial charge on any atom is -0.339 e. The van der Waals surface area contributed by atoms with Crippen molar-refractivity contribution in [2.45, 2.75) is 46.2 Å². The van der Waals surface area contributed by atoms with Crippen LogP contribution in [0, 0.1) is 19.8 Å². The first-order chi connectivity index (χ1) is 9.85. The lowest BCUT2D eigenvalue weighted by molar-refractivity contribution is -0.131. The maximum absolute atomic E-state index is 12.8. The summed E-state index contributed by atoms with van der Waals surface area (Å²) < 4.78 is 26.3. The van der Waals surface area contributed by atoms with E-state index in [4.69, 9.17) is 5.73 Å². The van der Waals surface area contributed by atoms with Crippen molar-refractivity contribution in [2.75, 3.05) is 13.1 Å². The minimum absolute atomic E-state index is 0. The molecule has 0 aliphatic carbocycles. The highest BCUT2D eigenvalue weighted by Gasteiger charge is 2.32. The molecule has 1 fully saturated rings. The van der Waals surface area contributed by atoms with Gasteiger partial charge in [0.05, 0.1) is 12.1 Å². The molecule has 126 valence electrons. The first-order valence-corrected chi connectivity index (χ1v) is 7.17. The zero-order valence-corrected chi connectivity index (χ0v) is 13.9. The molecular weight excluding hydrogens is 314 g/mol. The molecule has 2 unspecified atom stereocenters. The van der Waals surface area contributed by atoms with Crippen molar-refractivity contribution in [3.8, 4) is 0 Å². The molecule has 1 saturated heterocycles. The standard InChI is InChI=1S/C14H22F2N4O.ClH/c1-8-4-11(6-17)7-19(8)13(21)5-12-9(2)18-20(10(12)3)14(15)16;/h8,11,14H,4-7,17H2,1-3H3;1H. The number of likely N-dealkylation sites (tertiary alicyclic amines) is 1. The summed E-state index contributed by atoms with van der Waals surface area (Å²) in [6.07, 6.45) is 1.02. The van der Waals surface area contributed by atoms with Gasteiger partial charge in [-0.15, -0.1) is 12.4 Å². The Labute approximate surface area is 135 Å². The highest BCUT2D eigenvalue weighted by molar-refractivity contribution is 5.85. The first kappa shape index (κ1) is 18.8. The quantitative estimate of drug-likeness (QED) is 0.915. The second-order valence-corrected chi connectivity index (χ2v) is 5.78. The third-order valence-corrected chi connectivity index (χ3v) is 4.30. The van der Waals surface area contributed by atoms with E-state index in [0.717, 1.165) is 6.42 Å². The number of nitrogens with zero attached hydrogens (tertiary/aromatic N) is 3. The second kappa shape index (κ2) is 7.37. The molecule has 5 nitrogen and oxygen atoms in total. The molecule has 22 heavy (non-hydrogen) atoms. The second-order valence-electron chi connectivity index (χ2n) is 5.78. The Morgan fingerprint density at radius 3 is 2.55 bits per heavy atom. The molecule has 1 aromatic rings. The van der Waals surface area contributed by atoms with E-state index in [-0.39, 0.29) is 30.8 Å². The highest BCUT2D eigenvalue weighted by Crippen LogP contribution is 2.25. The minimum atomic E-state index is -2.68. The number of hydrogen-bond acceptors (Lipinski definition) is 3. The molecule has 1 aromatic heterocycles. The smallest absolute Gasteiger partial charge is 0.333 e. The van der Waals surface area contributed by atoms with Gasteiger partial charge in [-0.3, -0.25) is 4.79 Å². The number of amides is 1. The fraction of sp³-hybridized carbons (Fsp3) is 0.714. The monoisotopic (exact) mass is 336 g/mol. The van der Waals surface area contributed by atoms with Crippen LogP contribution in [-0.4, -0.2) is 39.7 Å². The number of hydrogen-bond donors (Lipinski definition) is 1. The Kier molecular flexibility index (Phi) is 6.31. The van der Waals surface area contributed by atoms with Crippen molar-refractivity contribution in [1.29, 1.82) is 0 Å². The van der Waals surface area contributed by atoms with E-state index in [9.17, 15) is 13.6 Å². The van der Waals surface area contributed by atoms with E-state index >= 15 is 0 Å². The van der Waals surface area contributed by atoms with Crippen molar-refractivity contribution in [2.24, 2.45) is 11.7 Å². The third kappa shape index (κ3) is 3.57. The van der Waals surface area contributed by atoms with E-state index in [1.165, 1.54) is 0 Å². The summed E-state index contributed by atoms with van der Waals surface area (Å²) in [6.45, 7) is 3.76. The lowest BCUT2D eigenvalue weighted by Crippen LogP contribution is -2.35. The zero-order chi connectivity index (χ0) is 15.7. The number of alkyl halides is 2. The van der Waals surface area contributed by atoms with Crippen molar-refractivity contribution in [3.63, 3.8) is 0 Å². The topological polar surface area (TPSA) is 64.2 Å². The maximum Gasteiger partial charge on any atom is 0.333 e. The summed E-state index contributed by atoms with van der Waals surface area (Å²) in [6, 6.07) is 0.150. The van der Waals surface area contributed by atoms with Crippen molar-refractivity contribution >= 4 is 18.3 Å². The van der Waals surface area contributed by atoms with E-state index < -0.39 is 6.55 Å². The van der Waals surface area contributed by atoms with Crippen LogP contribution in [0.25, 0.3) is 0 Å². The van der Waals surface area contributed by atoms with Gasteiger partial charge in [-0.2, -0.15) is 13.9 Å². The molecule has 8 heteroatoms. The van der Waals surface area contributed by atoms with Crippen LogP contribution in [0.4, 0.5) is 8.78 Å². The predicted molar refractivity (Wildman–Crippen MR) is 82.2 cm³/mol. The average Bonchev–Trinajstić information content (AvgIpc) is 2.93. The van der Waals surface area contributed by atoms with Gasteiger partial charge in [-0.1, -0.05) is 0 Å². The van der Waals surface area contributed by atoms with Gasteiger partial charge in [0.15, 0.2) is 0 Å². The van der Waals surface area contributed by atoms with Gasteiger partial charge in [0.1, 0.15) is 0 Å². The normalized spacial score (nSPS) is 21.3. The van der Waals surface area contributed by atoms with Crippen LogP contribution in [-0.2, 0) is 11.2 Å². The highest BCUT2D eigenvalue weighted by atomic mass is 35.5. The number of aryl methyl sites for hydroxylation is 1. The lowest BCUT2D eigenvalue weighted by Gasteiger charge is -2.21. The maximum atomic E-state index is 12.8. The number of halogens is 3. The first-order valence-electron chi connectivity index (χ1n) is 7.17. The molecule has 2 atom stereocenters. The van der Waals surface area contributed by atoms with Gasteiger partial charge in [0.2, 0.25) is 5.91 Å². The zero-order valence-electron chi connectivity index (χ0n) is 13.1. The summed E-state index contributed by atoms with van der Waals surface area (Å²) in [4.78, 5) is 14.2. The summed E-state index contributed by atoms with van der Waals surface area (Å²) in [7, 11) is 0. The Bertz CT molecular complexity index is 535. The van der Waals surface area contributed by atoms with Crippen LogP contribution in [0.5, 0.6) is 0 Å². The van der Waals surface area contributed by atoms with Crippen LogP contribution in [0.15, 0.2) is 0 Å². The number of aromatic nitrogens is 2. The van der Waals surface area contributed by atoms with Gasteiger partial charge in [0, 0.05) is 23.8 Å². The molecular formula is C14H23ClF2N4O. The van der Waals surface area contributed by atoms with E-state index in [2.05, 4.69) is 5.10 Å². The largest absolute Gasteiger partial charge is 0.339 e. The Balaban J connectivity index is 0.00000242. The van der Waals surface area contributed by atoms with Crippen molar-refractivity contribution < 1.29 is 13.6 Å². The van der Waals surface area contributed by atoms with E-state index in [1.807, 2.05) is 6.92 Å². The summed E-state index contributed by atoms with van der Waals surface area (Å²) >= 11 is 0. The lowest BCUT2D eigenvalue weighted by atomic mass is 10.1. The molecule has 2 N–H and O–H groups in total. The fourth-order valence-electron chi connectivity index (χ4n) is 3.06. The Hall–Kier alpha value is -1.21. The number of rotatable bonds is 4.